The van der Waals surface area contributed by atoms with Crippen molar-refractivity contribution in [2.45, 2.75) is 6.92 Å². The number of benzene rings is 1. The Balaban J connectivity index is 2.82. The standard InChI is InChI=1S/C16H18O4/c1-12(14(11-19-2)16(18)20-3)15(17)10-9-13-7-5-4-6-8-13/h4-12H,1-3H3/b10-9+,14-11?. The molecule has 0 saturated heterocycles. The summed E-state index contributed by atoms with van der Waals surface area (Å²) in [6, 6.07) is 9.45. The summed E-state index contributed by atoms with van der Waals surface area (Å²) in [6.45, 7) is 1.64. The zero-order chi connectivity index (χ0) is 15.0. The first-order chi connectivity index (χ1) is 9.60. The number of rotatable bonds is 6. The number of ketones is 1. The molecular formula is C16H18O4. The lowest BCUT2D eigenvalue weighted by atomic mass is 9.96. The molecule has 0 spiro atoms. The van der Waals surface area contributed by atoms with Crippen LogP contribution >= 0.6 is 0 Å². The fourth-order valence-electron chi connectivity index (χ4n) is 1.61. The van der Waals surface area contributed by atoms with Gasteiger partial charge in [0.15, 0.2) is 5.78 Å². The summed E-state index contributed by atoms with van der Waals surface area (Å²) in [7, 11) is 2.68. The SMILES string of the molecule is COC=C(C(=O)OC)C(C)C(=O)/C=C/c1ccccc1. The Bertz CT molecular complexity index is 515. The van der Waals surface area contributed by atoms with Crippen LogP contribution in [0.1, 0.15) is 12.5 Å². The van der Waals surface area contributed by atoms with E-state index in [4.69, 9.17) is 4.74 Å². The maximum absolute atomic E-state index is 12.1. The van der Waals surface area contributed by atoms with Gasteiger partial charge in [-0.2, -0.15) is 0 Å². The third kappa shape index (κ3) is 4.39. The molecule has 0 bridgehead atoms. The lowest BCUT2D eigenvalue weighted by Crippen LogP contribution is -2.19. The highest BCUT2D eigenvalue weighted by Crippen LogP contribution is 2.15. The molecule has 0 heterocycles. The maximum Gasteiger partial charge on any atom is 0.337 e. The van der Waals surface area contributed by atoms with E-state index in [1.165, 1.54) is 26.6 Å². The van der Waals surface area contributed by atoms with Gasteiger partial charge in [0, 0.05) is 0 Å². The van der Waals surface area contributed by atoms with Crippen molar-refractivity contribution in [1.29, 1.82) is 0 Å². The molecule has 0 aliphatic carbocycles. The topological polar surface area (TPSA) is 52.6 Å². The molecule has 4 nitrogen and oxygen atoms in total. The Labute approximate surface area is 118 Å². The van der Waals surface area contributed by atoms with Crippen molar-refractivity contribution in [3.63, 3.8) is 0 Å². The predicted molar refractivity (Wildman–Crippen MR) is 76.8 cm³/mol. The molecule has 0 amide bonds. The van der Waals surface area contributed by atoms with E-state index in [0.717, 1.165) is 5.56 Å². The monoisotopic (exact) mass is 274 g/mol. The molecule has 1 atom stereocenters. The molecule has 1 rings (SSSR count). The third-order valence-corrected chi connectivity index (χ3v) is 2.80. The van der Waals surface area contributed by atoms with Crippen LogP contribution in [-0.4, -0.2) is 26.0 Å². The zero-order valence-electron chi connectivity index (χ0n) is 11.8. The number of methoxy groups -OCH3 is 2. The van der Waals surface area contributed by atoms with Gasteiger partial charge in [-0.15, -0.1) is 0 Å². The zero-order valence-corrected chi connectivity index (χ0v) is 11.8. The van der Waals surface area contributed by atoms with Crippen LogP contribution in [0.3, 0.4) is 0 Å². The molecular weight excluding hydrogens is 256 g/mol. The molecule has 4 heteroatoms. The van der Waals surface area contributed by atoms with E-state index in [0.29, 0.717) is 0 Å². The molecule has 0 fully saturated rings. The number of allylic oxidation sites excluding steroid dienone is 1. The maximum atomic E-state index is 12.1. The highest BCUT2D eigenvalue weighted by atomic mass is 16.5. The number of ether oxygens (including phenoxy) is 2. The van der Waals surface area contributed by atoms with Gasteiger partial charge >= 0.3 is 5.97 Å². The molecule has 0 radical (unpaired) electrons. The first-order valence-corrected chi connectivity index (χ1v) is 6.18. The van der Waals surface area contributed by atoms with Crippen molar-refractivity contribution in [1.82, 2.24) is 0 Å². The molecule has 0 aliphatic rings. The number of carbonyl (C=O) groups excluding carboxylic acids is 2. The van der Waals surface area contributed by atoms with Gasteiger partial charge in [-0.1, -0.05) is 43.3 Å². The summed E-state index contributed by atoms with van der Waals surface area (Å²) in [5.41, 5.74) is 1.11. The second-order valence-electron chi connectivity index (χ2n) is 4.17. The fourth-order valence-corrected chi connectivity index (χ4v) is 1.61. The van der Waals surface area contributed by atoms with Crippen LogP contribution in [0.25, 0.3) is 6.08 Å². The van der Waals surface area contributed by atoms with E-state index in [2.05, 4.69) is 4.74 Å². The Hall–Kier alpha value is -2.36. The molecule has 0 aromatic heterocycles. The van der Waals surface area contributed by atoms with Gasteiger partial charge < -0.3 is 9.47 Å². The summed E-state index contributed by atoms with van der Waals surface area (Å²) in [6.07, 6.45) is 4.40. The van der Waals surface area contributed by atoms with Crippen molar-refractivity contribution in [3.05, 3.63) is 53.8 Å². The molecule has 0 N–H and O–H groups in total. The number of hydrogen-bond donors (Lipinski definition) is 0. The van der Waals surface area contributed by atoms with Crippen molar-refractivity contribution < 1.29 is 19.1 Å². The Morgan fingerprint density at radius 1 is 1.15 bits per heavy atom. The minimum atomic E-state index is -0.623. The van der Waals surface area contributed by atoms with Gasteiger partial charge in [0.25, 0.3) is 0 Å². The van der Waals surface area contributed by atoms with E-state index in [-0.39, 0.29) is 11.4 Å². The summed E-state index contributed by atoms with van der Waals surface area (Å²) in [5, 5.41) is 0. The molecule has 1 aromatic carbocycles. The Kier molecular flexibility index (Phi) is 6.23. The fraction of sp³-hybridized carbons (Fsp3) is 0.250. The number of esters is 1. The smallest absolute Gasteiger partial charge is 0.337 e. The van der Waals surface area contributed by atoms with E-state index in [1.807, 2.05) is 30.3 Å². The first kappa shape index (κ1) is 15.7. The second-order valence-corrected chi connectivity index (χ2v) is 4.17. The molecule has 1 aromatic rings. The average molecular weight is 274 g/mol. The van der Waals surface area contributed by atoms with Crippen LogP contribution in [0.4, 0.5) is 0 Å². The quantitative estimate of drug-likeness (QED) is 0.454. The van der Waals surface area contributed by atoms with Gasteiger partial charge in [-0.3, -0.25) is 4.79 Å². The van der Waals surface area contributed by atoms with Crippen LogP contribution in [0.2, 0.25) is 0 Å². The summed E-state index contributed by atoms with van der Waals surface area (Å²) in [4.78, 5) is 23.6. The van der Waals surface area contributed by atoms with Gasteiger partial charge in [-0.05, 0) is 11.6 Å². The van der Waals surface area contributed by atoms with Crippen molar-refractivity contribution in [3.8, 4) is 0 Å². The van der Waals surface area contributed by atoms with E-state index >= 15 is 0 Å². The van der Waals surface area contributed by atoms with Crippen LogP contribution in [0.15, 0.2) is 48.2 Å². The highest BCUT2D eigenvalue weighted by Gasteiger charge is 2.23. The van der Waals surface area contributed by atoms with E-state index in [9.17, 15) is 9.59 Å². The van der Waals surface area contributed by atoms with Crippen molar-refractivity contribution in [2.75, 3.05) is 14.2 Å². The van der Waals surface area contributed by atoms with Gasteiger partial charge in [0.2, 0.25) is 0 Å². The Morgan fingerprint density at radius 2 is 1.80 bits per heavy atom. The molecule has 106 valence electrons. The minimum absolute atomic E-state index is 0.192. The summed E-state index contributed by atoms with van der Waals surface area (Å²) >= 11 is 0. The van der Waals surface area contributed by atoms with Crippen molar-refractivity contribution >= 4 is 17.8 Å². The van der Waals surface area contributed by atoms with Crippen LogP contribution in [0.5, 0.6) is 0 Å². The van der Waals surface area contributed by atoms with E-state index < -0.39 is 11.9 Å². The lowest BCUT2D eigenvalue weighted by molar-refractivity contribution is -0.137. The Morgan fingerprint density at radius 3 is 2.35 bits per heavy atom. The van der Waals surface area contributed by atoms with E-state index in [1.54, 1.807) is 13.0 Å². The van der Waals surface area contributed by atoms with Crippen LogP contribution in [0, 0.1) is 5.92 Å². The van der Waals surface area contributed by atoms with Crippen molar-refractivity contribution in [2.24, 2.45) is 5.92 Å². The summed E-state index contributed by atoms with van der Waals surface area (Å²) in [5.74, 6) is -1.38. The minimum Gasteiger partial charge on any atom is -0.504 e. The number of hydrogen-bond acceptors (Lipinski definition) is 4. The van der Waals surface area contributed by atoms with Gasteiger partial charge in [-0.25, -0.2) is 4.79 Å². The molecule has 20 heavy (non-hydrogen) atoms. The van der Waals surface area contributed by atoms with Crippen LogP contribution < -0.4 is 0 Å². The predicted octanol–water partition coefficient (Wildman–Crippen LogP) is 2.61. The average Bonchev–Trinajstić information content (AvgIpc) is 2.49. The number of carbonyl (C=O) groups is 2. The van der Waals surface area contributed by atoms with Gasteiger partial charge in [0.05, 0.1) is 32.0 Å². The molecule has 1 unspecified atom stereocenters. The summed E-state index contributed by atoms with van der Waals surface area (Å²) < 4.78 is 9.46. The third-order valence-electron chi connectivity index (χ3n) is 2.80. The second kappa shape index (κ2) is 7.94. The van der Waals surface area contributed by atoms with Crippen LogP contribution in [-0.2, 0) is 19.1 Å². The largest absolute Gasteiger partial charge is 0.504 e. The first-order valence-electron chi connectivity index (χ1n) is 6.18. The molecule has 0 saturated carbocycles. The highest BCUT2D eigenvalue weighted by molar-refractivity contribution is 6.03. The lowest BCUT2D eigenvalue weighted by Gasteiger charge is -2.10. The normalized spacial score (nSPS) is 13.1. The molecule has 0 aliphatic heterocycles. The van der Waals surface area contributed by atoms with Gasteiger partial charge in [0.1, 0.15) is 0 Å².